The molecule has 1 aromatic carbocycles. The van der Waals surface area contributed by atoms with E-state index >= 15 is 0 Å². The molecule has 1 fully saturated rings. The first-order valence-corrected chi connectivity index (χ1v) is 14.1. The quantitative estimate of drug-likeness (QED) is 0.291. The van der Waals surface area contributed by atoms with Crippen molar-refractivity contribution in [3.63, 3.8) is 0 Å². The van der Waals surface area contributed by atoms with E-state index in [1.54, 1.807) is 30.0 Å². The standard InChI is InChI=1S/C31H42N4O7/c1-14(36)35(13-31(2,3)4)12-16-11-19(33(5)6)17-9-15-10-18-22(27(39)20(15)26(38)21(17)25(16)37)28(40)23(30(32)42)29(41)24(18)34(7)8/h11,15,18,22,24,37-38,41H,9-10,12-13H2,1-8H3,(H2,32,42). The van der Waals surface area contributed by atoms with Crippen molar-refractivity contribution in [2.24, 2.45) is 28.9 Å². The van der Waals surface area contributed by atoms with Gasteiger partial charge in [-0.1, -0.05) is 20.8 Å². The third kappa shape index (κ3) is 5.14. The number of ketones is 2. The molecule has 5 N–H and O–H groups in total. The Morgan fingerprint density at radius 1 is 1.05 bits per heavy atom. The molecule has 0 aromatic heterocycles. The number of anilines is 1. The highest BCUT2D eigenvalue weighted by molar-refractivity contribution is 6.28. The first-order valence-electron chi connectivity index (χ1n) is 14.1. The molecule has 0 bridgehead atoms. The lowest BCUT2D eigenvalue weighted by Gasteiger charge is -2.46. The summed E-state index contributed by atoms with van der Waals surface area (Å²) in [6.07, 6.45) is 0.573. The highest BCUT2D eigenvalue weighted by atomic mass is 16.3. The molecular weight excluding hydrogens is 540 g/mol. The average Bonchev–Trinajstić information content (AvgIpc) is 2.83. The number of rotatable bonds is 6. The lowest BCUT2D eigenvalue weighted by molar-refractivity contribution is -0.137. The van der Waals surface area contributed by atoms with E-state index in [2.05, 4.69) is 0 Å². The largest absolute Gasteiger partial charge is 0.510 e. The van der Waals surface area contributed by atoms with Crippen LogP contribution < -0.4 is 10.6 Å². The van der Waals surface area contributed by atoms with E-state index < -0.39 is 58.4 Å². The van der Waals surface area contributed by atoms with Gasteiger partial charge in [0, 0.05) is 50.9 Å². The van der Waals surface area contributed by atoms with Gasteiger partial charge in [0.2, 0.25) is 5.91 Å². The van der Waals surface area contributed by atoms with E-state index in [4.69, 9.17) is 5.73 Å². The number of benzene rings is 1. The topological polar surface area (TPSA) is 165 Å². The van der Waals surface area contributed by atoms with Crippen molar-refractivity contribution in [2.75, 3.05) is 39.6 Å². The summed E-state index contributed by atoms with van der Waals surface area (Å²) < 4.78 is 0. The molecule has 4 atom stereocenters. The number of hydrogen-bond acceptors (Lipinski definition) is 9. The van der Waals surface area contributed by atoms with Gasteiger partial charge in [-0.15, -0.1) is 0 Å². The van der Waals surface area contributed by atoms with Crippen LogP contribution in [0.2, 0.25) is 0 Å². The van der Waals surface area contributed by atoms with Gasteiger partial charge >= 0.3 is 0 Å². The number of nitrogens with zero attached hydrogens (tertiary/aromatic N) is 3. The van der Waals surface area contributed by atoms with E-state index in [0.717, 1.165) is 5.69 Å². The zero-order chi connectivity index (χ0) is 31.6. The van der Waals surface area contributed by atoms with Crippen molar-refractivity contribution in [1.29, 1.82) is 0 Å². The van der Waals surface area contributed by atoms with Gasteiger partial charge in [0.15, 0.2) is 11.6 Å². The summed E-state index contributed by atoms with van der Waals surface area (Å²) in [5.74, 6) is -6.33. The van der Waals surface area contributed by atoms with E-state index in [9.17, 15) is 34.5 Å². The van der Waals surface area contributed by atoms with Crippen LogP contribution in [0.15, 0.2) is 23.0 Å². The molecule has 2 amide bonds. The molecule has 1 saturated carbocycles. The number of aromatic hydroxyl groups is 1. The number of aliphatic hydroxyl groups is 2. The van der Waals surface area contributed by atoms with Crippen LogP contribution in [0.3, 0.4) is 0 Å². The fourth-order valence-corrected chi connectivity index (χ4v) is 6.94. The van der Waals surface area contributed by atoms with Crippen LogP contribution in [0, 0.1) is 23.2 Å². The molecule has 0 radical (unpaired) electrons. The number of amides is 2. The molecule has 11 nitrogen and oxygen atoms in total. The predicted molar refractivity (Wildman–Crippen MR) is 158 cm³/mol. The molecule has 0 spiro atoms. The van der Waals surface area contributed by atoms with Gasteiger partial charge in [-0.25, -0.2) is 0 Å². The zero-order valence-electron chi connectivity index (χ0n) is 25.6. The van der Waals surface area contributed by atoms with Gasteiger partial charge in [0.1, 0.15) is 22.8 Å². The number of phenolic OH excluding ortho intramolecular Hbond substituents is 1. The SMILES string of the molecule is CC(=O)N(Cc1cc(N(C)C)c2c(c1O)C(O)=C1C(=O)C3C(=O)C(C(N)=O)=C(O)C(N(C)C)C3CC1C2)CC(C)(C)C. The Balaban J connectivity index is 1.88. The summed E-state index contributed by atoms with van der Waals surface area (Å²) in [6.45, 7) is 8.00. The van der Waals surface area contributed by atoms with Gasteiger partial charge in [-0.2, -0.15) is 0 Å². The fourth-order valence-electron chi connectivity index (χ4n) is 6.94. The molecular formula is C31H42N4O7. The molecule has 3 aliphatic carbocycles. The van der Waals surface area contributed by atoms with Crippen LogP contribution in [0.1, 0.15) is 50.8 Å². The van der Waals surface area contributed by atoms with Crippen LogP contribution >= 0.6 is 0 Å². The molecule has 3 aliphatic rings. The van der Waals surface area contributed by atoms with E-state index in [0.29, 0.717) is 24.1 Å². The fraction of sp³-hybridized carbons (Fsp3) is 0.548. The Labute approximate surface area is 246 Å². The number of carbonyl (C=O) groups is 4. The highest BCUT2D eigenvalue weighted by Crippen LogP contribution is 2.52. The number of nitrogens with two attached hydrogens (primary N) is 1. The van der Waals surface area contributed by atoms with Gasteiger partial charge < -0.3 is 30.9 Å². The van der Waals surface area contributed by atoms with Crippen LogP contribution in [0.25, 0.3) is 5.76 Å². The van der Waals surface area contributed by atoms with Gasteiger partial charge in [-0.3, -0.25) is 24.1 Å². The minimum absolute atomic E-state index is 0.0232. The normalized spacial score (nSPS) is 23.9. The van der Waals surface area contributed by atoms with Crippen molar-refractivity contribution < 1.29 is 34.5 Å². The zero-order valence-corrected chi connectivity index (χ0v) is 25.6. The maximum Gasteiger partial charge on any atom is 0.255 e. The van der Waals surface area contributed by atoms with E-state index in [-0.39, 0.29) is 41.2 Å². The molecule has 228 valence electrons. The summed E-state index contributed by atoms with van der Waals surface area (Å²) in [4.78, 5) is 57.3. The predicted octanol–water partition coefficient (Wildman–Crippen LogP) is 2.31. The number of carbonyl (C=O) groups excluding carboxylic acids is 4. The Morgan fingerprint density at radius 3 is 2.17 bits per heavy atom. The van der Waals surface area contributed by atoms with Crippen molar-refractivity contribution in [2.45, 2.75) is 53.1 Å². The van der Waals surface area contributed by atoms with Crippen molar-refractivity contribution in [1.82, 2.24) is 9.80 Å². The smallest absolute Gasteiger partial charge is 0.255 e. The van der Waals surface area contributed by atoms with Crippen molar-refractivity contribution >= 4 is 34.8 Å². The summed E-state index contributed by atoms with van der Waals surface area (Å²) >= 11 is 0. The van der Waals surface area contributed by atoms with Crippen LogP contribution in [-0.4, -0.2) is 89.3 Å². The number of likely N-dealkylation sites (N-methyl/N-ethyl adjacent to an activating group) is 1. The Hall–Kier alpha value is -3.86. The van der Waals surface area contributed by atoms with Crippen molar-refractivity contribution in [3.05, 3.63) is 39.7 Å². The third-order valence-electron chi connectivity index (χ3n) is 8.57. The molecule has 0 aliphatic heterocycles. The molecule has 11 heteroatoms. The Morgan fingerprint density at radius 2 is 1.67 bits per heavy atom. The number of hydrogen-bond donors (Lipinski definition) is 4. The van der Waals surface area contributed by atoms with Gasteiger partial charge in [-0.05, 0) is 55.8 Å². The third-order valence-corrected chi connectivity index (χ3v) is 8.57. The molecule has 42 heavy (non-hydrogen) atoms. The maximum atomic E-state index is 14.0. The Bertz CT molecular complexity index is 1430. The Kier molecular flexibility index (Phi) is 7.96. The minimum atomic E-state index is -1.32. The van der Waals surface area contributed by atoms with Crippen molar-refractivity contribution in [3.8, 4) is 5.75 Å². The van der Waals surface area contributed by atoms with E-state index in [1.807, 2.05) is 39.8 Å². The lowest BCUT2D eigenvalue weighted by atomic mass is 9.59. The molecule has 0 heterocycles. The van der Waals surface area contributed by atoms with Gasteiger partial charge in [0.25, 0.3) is 5.91 Å². The number of allylic oxidation sites excluding steroid dienone is 1. The summed E-state index contributed by atoms with van der Waals surface area (Å²) in [6, 6.07) is 1.01. The van der Waals surface area contributed by atoms with E-state index in [1.165, 1.54) is 6.92 Å². The second kappa shape index (κ2) is 10.8. The molecule has 0 saturated heterocycles. The van der Waals surface area contributed by atoms with Crippen LogP contribution in [-0.2, 0) is 32.1 Å². The first kappa shape index (κ1) is 31.1. The monoisotopic (exact) mass is 582 g/mol. The highest BCUT2D eigenvalue weighted by Gasteiger charge is 2.56. The minimum Gasteiger partial charge on any atom is -0.510 e. The number of Topliss-reactive ketones (excluding diaryl/α,β-unsaturated/α-hetero) is 2. The summed E-state index contributed by atoms with van der Waals surface area (Å²) in [7, 11) is 7.04. The molecule has 1 aromatic rings. The second-order valence-electron chi connectivity index (χ2n) is 13.4. The first-order chi connectivity index (χ1) is 19.4. The van der Waals surface area contributed by atoms with Crippen LogP contribution in [0.4, 0.5) is 5.69 Å². The number of aliphatic hydroxyl groups excluding tert-OH is 2. The molecule has 4 unspecified atom stereocenters. The summed E-state index contributed by atoms with van der Waals surface area (Å²) in [5.41, 5.74) is 6.55. The van der Waals surface area contributed by atoms with Crippen LogP contribution in [0.5, 0.6) is 5.75 Å². The lowest BCUT2D eigenvalue weighted by Crippen LogP contribution is -2.55. The maximum absolute atomic E-state index is 14.0. The van der Waals surface area contributed by atoms with Gasteiger partial charge in [0.05, 0.1) is 17.5 Å². The number of primary amides is 1. The number of phenols is 1. The average molecular weight is 583 g/mol. The number of fused-ring (bicyclic) bond motifs is 3. The second-order valence-corrected chi connectivity index (χ2v) is 13.4. The summed E-state index contributed by atoms with van der Waals surface area (Å²) in [5, 5.41) is 34.1. The molecule has 4 rings (SSSR count).